The minimum atomic E-state index is -0.712. The van der Waals surface area contributed by atoms with Gasteiger partial charge in [0, 0.05) is 6.54 Å². The molecule has 3 rings (SSSR count). The van der Waals surface area contributed by atoms with Crippen molar-refractivity contribution in [1.82, 2.24) is 4.90 Å². The van der Waals surface area contributed by atoms with Crippen molar-refractivity contribution in [3.8, 4) is 11.5 Å². The van der Waals surface area contributed by atoms with Gasteiger partial charge < -0.3 is 19.5 Å². The van der Waals surface area contributed by atoms with E-state index in [0.29, 0.717) is 35.6 Å². The van der Waals surface area contributed by atoms with Crippen LogP contribution in [0.25, 0.3) is 5.76 Å². The number of hydrogen-bond donors (Lipinski definition) is 1. The molecule has 1 atom stereocenters. The Balaban J connectivity index is 2.25. The van der Waals surface area contributed by atoms with Crippen molar-refractivity contribution >= 4 is 17.4 Å². The number of ketones is 1. The molecule has 0 bridgehead atoms. The molecule has 1 aliphatic heterocycles. The number of nitrogens with zero attached hydrogens (tertiary/aromatic N) is 1. The van der Waals surface area contributed by atoms with Gasteiger partial charge in [-0.2, -0.15) is 0 Å². The molecule has 2 aromatic rings. The molecule has 2 aromatic carbocycles. The fourth-order valence-corrected chi connectivity index (χ4v) is 4.27. The van der Waals surface area contributed by atoms with Gasteiger partial charge in [0.15, 0.2) is 0 Å². The summed E-state index contributed by atoms with van der Waals surface area (Å²) in [4.78, 5) is 27.6. The van der Waals surface area contributed by atoms with Crippen LogP contribution in [0.3, 0.4) is 0 Å². The second-order valence-electron chi connectivity index (χ2n) is 8.39. The molecule has 1 heterocycles. The highest BCUT2D eigenvalue weighted by Gasteiger charge is 2.46. The Morgan fingerprint density at radius 2 is 1.88 bits per heavy atom. The first-order valence-corrected chi connectivity index (χ1v) is 10.9. The minimum absolute atomic E-state index is 0.0215. The van der Waals surface area contributed by atoms with Gasteiger partial charge in [-0.25, -0.2) is 0 Å². The molecule has 170 valence electrons. The lowest BCUT2D eigenvalue weighted by molar-refractivity contribution is -0.139. The summed E-state index contributed by atoms with van der Waals surface area (Å²) < 4.78 is 11.4. The van der Waals surface area contributed by atoms with Gasteiger partial charge in [0.2, 0.25) is 0 Å². The molecule has 6 heteroatoms. The maximum Gasteiger partial charge on any atom is 0.295 e. The summed E-state index contributed by atoms with van der Waals surface area (Å²) in [5.41, 5.74) is 2.92. The van der Waals surface area contributed by atoms with Crippen molar-refractivity contribution in [2.45, 2.75) is 53.2 Å². The highest BCUT2D eigenvalue weighted by Crippen LogP contribution is 2.42. The summed E-state index contributed by atoms with van der Waals surface area (Å²) >= 11 is 0. The predicted octanol–water partition coefficient (Wildman–Crippen LogP) is 4.93. The number of hydrogen-bond acceptors (Lipinski definition) is 5. The topological polar surface area (TPSA) is 76.1 Å². The van der Waals surface area contributed by atoms with E-state index in [0.717, 1.165) is 11.1 Å². The Morgan fingerprint density at radius 1 is 1.16 bits per heavy atom. The average Bonchev–Trinajstić information content (AvgIpc) is 2.98. The molecule has 0 spiro atoms. The van der Waals surface area contributed by atoms with Crippen LogP contribution < -0.4 is 9.47 Å². The van der Waals surface area contributed by atoms with Crippen molar-refractivity contribution in [3.63, 3.8) is 0 Å². The smallest absolute Gasteiger partial charge is 0.295 e. The Hall–Kier alpha value is -3.28. The third-order valence-corrected chi connectivity index (χ3v) is 5.43. The van der Waals surface area contributed by atoms with Gasteiger partial charge in [-0.05, 0) is 69.0 Å². The second-order valence-corrected chi connectivity index (χ2v) is 8.39. The second kappa shape index (κ2) is 9.47. The first-order valence-electron chi connectivity index (χ1n) is 10.9. The van der Waals surface area contributed by atoms with Gasteiger partial charge in [-0.3, -0.25) is 9.59 Å². The number of likely N-dealkylation sites (tertiary alicyclic amines) is 1. The lowest BCUT2D eigenvalue weighted by atomic mass is 9.93. The predicted molar refractivity (Wildman–Crippen MR) is 124 cm³/mol. The lowest BCUT2D eigenvalue weighted by Crippen LogP contribution is -2.30. The number of aliphatic hydroxyl groups is 1. The molecule has 1 N–H and O–H groups in total. The first-order chi connectivity index (χ1) is 15.2. The average molecular weight is 438 g/mol. The Bertz CT molecular complexity index is 1070. The molecule has 1 saturated heterocycles. The van der Waals surface area contributed by atoms with Crippen molar-refractivity contribution in [2.24, 2.45) is 0 Å². The molecule has 0 saturated carbocycles. The van der Waals surface area contributed by atoms with E-state index in [1.54, 1.807) is 6.07 Å². The number of aryl methyl sites for hydroxylation is 2. The summed E-state index contributed by atoms with van der Waals surface area (Å²) in [5.74, 6) is -0.422. The Kier molecular flexibility index (Phi) is 6.92. The van der Waals surface area contributed by atoms with Gasteiger partial charge in [-0.1, -0.05) is 25.1 Å². The number of amides is 1. The van der Waals surface area contributed by atoms with Gasteiger partial charge in [0.1, 0.15) is 17.3 Å². The highest BCUT2D eigenvalue weighted by molar-refractivity contribution is 6.46. The molecule has 1 unspecified atom stereocenters. The van der Waals surface area contributed by atoms with Gasteiger partial charge in [-0.15, -0.1) is 0 Å². The number of ether oxygens (including phenoxy) is 2. The van der Waals surface area contributed by atoms with E-state index in [1.807, 2.05) is 65.0 Å². The standard InChI is InChI=1S/C26H31NO5/c1-7-11-27-22(18-9-8-10-19(14-18)32-15(2)3)21(24(29)26(27)30)23(28)20-13-16(4)12-17(5)25(20)31-6/h8-10,12-15,22,28H,7,11H2,1-6H3/b23-21+. The van der Waals surface area contributed by atoms with E-state index < -0.39 is 17.7 Å². The number of carbonyl (C=O) groups is 2. The fourth-order valence-electron chi connectivity index (χ4n) is 4.27. The quantitative estimate of drug-likeness (QED) is 0.378. The van der Waals surface area contributed by atoms with Crippen LogP contribution >= 0.6 is 0 Å². The summed E-state index contributed by atoms with van der Waals surface area (Å²) in [6.45, 7) is 9.99. The molecule has 1 aliphatic rings. The zero-order valence-corrected chi connectivity index (χ0v) is 19.6. The fraction of sp³-hybridized carbons (Fsp3) is 0.385. The number of benzene rings is 2. The Morgan fingerprint density at radius 3 is 2.50 bits per heavy atom. The number of carbonyl (C=O) groups excluding carboxylic acids is 2. The molecule has 32 heavy (non-hydrogen) atoms. The van der Waals surface area contributed by atoms with E-state index in [2.05, 4.69) is 0 Å². The number of methoxy groups -OCH3 is 1. The van der Waals surface area contributed by atoms with E-state index >= 15 is 0 Å². The normalized spacial score (nSPS) is 17.8. The molecule has 0 aliphatic carbocycles. The van der Waals surface area contributed by atoms with Crippen molar-refractivity contribution < 1.29 is 24.2 Å². The summed E-state index contributed by atoms with van der Waals surface area (Å²) in [6.07, 6.45) is 0.658. The van der Waals surface area contributed by atoms with Gasteiger partial charge in [0.25, 0.3) is 11.7 Å². The molecule has 0 aromatic heterocycles. The monoisotopic (exact) mass is 437 g/mol. The lowest BCUT2D eigenvalue weighted by Gasteiger charge is -2.25. The third-order valence-electron chi connectivity index (χ3n) is 5.43. The van der Waals surface area contributed by atoms with Crippen molar-refractivity contribution in [3.05, 3.63) is 64.2 Å². The van der Waals surface area contributed by atoms with Crippen LogP contribution in [0.5, 0.6) is 11.5 Å². The van der Waals surface area contributed by atoms with Crippen LogP contribution in [0.15, 0.2) is 42.0 Å². The van der Waals surface area contributed by atoms with Gasteiger partial charge in [0.05, 0.1) is 30.4 Å². The zero-order valence-electron chi connectivity index (χ0n) is 19.6. The van der Waals surface area contributed by atoms with Crippen LogP contribution in [-0.2, 0) is 9.59 Å². The third kappa shape index (κ3) is 4.35. The summed E-state index contributed by atoms with van der Waals surface area (Å²) in [7, 11) is 1.52. The molecular weight excluding hydrogens is 406 g/mol. The molecular formula is C26H31NO5. The highest BCUT2D eigenvalue weighted by atomic mass is 16.5. The maximum absolute atomic E-state index is 13.1. The number of aliphatic hydroxyl groups excluding tert-OH is 1. The zero-order chi connectivity index (χ0) is 23.6. The molecule has 1 fully saturated rings. The molecule has 1 amide bonds. The first kappa shape index (κ1) is 23.4. The van der Waals surface area contributed by atoms with Crippen LogP contribution in [0.4, 0.5) is 0 Å². The van der Waals surface area contributed by atoms with Crippen molar-refractivity contribution in [2.75, 3.05) is 13.7 Å². The Labute approximate surface area is 189 Å². The number of Topliss-reactive ketones (excluding diaryl/α,β-unsaturated/α-hetero) is 1. The van der Waals surface area contributed by atoms with E-state index in [9.17, 15) is 14.7 Å². The maximum atomic E-state index is 13.1. The number of rotatable bonds is 7. The molecule has 6 nitrogen and oxygen atoms in total. The van der Waals surface area contributed by atoms with Crippen LogP contribution in [0.1, 0.15) is 55.5 Å². The van der Waals surface area contributed by atoms with Crippen molar-refractivity contribution in [1.29, 1.82) is 0 Å². The van der Waals surface area contributed by atoms with Crippen LogP contribution in [0.2, 0.25) is 0 Å². The minimum Gasteiger partial charge on any atom is -0.507 e. The van der Waals surface area contributed by atoms with Crippen LogP contribution in [-0.4, -0.2) is 41.5 Å². The van der Waals surface area contributed by atoms with Gasteiger partial charge >= 0.3 is 0 Å². The summed E-state index contributed by atoms with van der Waals surface area (Å²) in [5, 5.41) is 11.4. The molecule has 0 radical (unpaired) electrons. The van der Waals surface area contributed by atoms with E-state index in [1.165, 1.54) is 12.0 Å². The largest absolute Gasteiger partial charge is 0.507 e. The van der Waals surface area contributed by atoms with E-state index in [-0.39, 0.29) is 17.4 Å². The van der Waals surface area contributed by atoms with E-state index in [4.69, 9.17) is 9.47 Å². The van der Waals surface area contributed by atoms with Crippen LogP contribution in [0, 0.1) is 13.8 Å². The summed E-state index contributed by atoms with van der Waals surface area (Å²) in [6, 6.07) is 10.3. The SMILES string of the molecule is CCCN1C(=O)C(=O)/C(=C(/O)c2cc(C)cc(C)c2OC)C1c1cccc(OC(C)C)c1.